The van der Waals surface area contributed by atoms with E-state index in [-0.39, 0.29) is 5.69 Å². The zero-order chi connectivity index (χ0) is 17.1. The second-order valence-electron chi connectivity index (χ2n) is 5.02. The number of non-ortho nitro benzene ring substituents is 1. The lowest BCUT2D eigenvalue weighted by molar-refractivity contribution is -0.384. The van der Waals surface area contributed by atoms with E-state index in [9.17, 15) is 10.1 Å². The van der Waals surface area contributed by atoms with E-state index in [2.05, 4.69) is 15.3 Å². The Bertz CT molecular complexity index is 975. The summed E-state index contributed by atoms with van der Waals surface area (Å²) in [4.78, 5) is 10.5. The average molecular weight is 339 g/mol. The van der Waals surface area contributed by atoms with Crippen LogP contribution in [0.3, 0.4) is 0 Å². The number of aromatic nitrogens is 3. The maximum atomic E-state index is 10.9. The fraction of sp³-hybridized carbons (Fsp3) is 0.0625. The molecule has 0 aliphatic heterocycles. The first-order valence-electron chi connectivity index (χ1n) is 7.09. The van der Waals surface area contributed by atoms with Gasteiger partial charge in [0.05, 0.1) is 10.6 Å². The fourth-order valence-corrected chi connectivity index (χ4v) is 2.38. The minimum Gasteiger partial charge on any atom is -0.258 e. The van der Waals surface area contributed by atoms with Gasteiger partial charge in [-0.1, -0.05) is 42.5 Å². The third kappa shape index (κ3) is 3.13. The van der Waals surface area contributed by atoms with E-state index in [4.69, 9.17) is 12.2 Å². The van der Waals surface area contributed by atoms with Crippen LogP contribution < -0.4 is 0 Å². The summed E-state index contributed by atoms with van der Waals surface area (Å²) in [6.45, 7) is 1.77. The van der Waals surface area contributed by atoms with E-state index in [1.165, 1.54) is 16.8 Å². The van der Waals surface area contributed by atoms with Crippen molar-refractivity contribution in [2.45, 2.75) is 6.92 Å². The Morgan fingerprint density at radius 2 is 2.00 bits per heavy atom. The van der Waals surface area contributed by atoms with Gasteiger partial charge < -0.3 is 0 Å². The largest absolute Gasteiger partial charge is 0.270 e. The molecule has 0 aliphatic carbocycles. The summed E-state index contributed by atoms with van der Waals surface area (Å²) in [5.74, 6) is 0.574. The van der Waals surface area contributed by atoms with Crippen molar-refractivity contribution in [2.24, 2.45) is 5.10 Å². The van der Waals surface area contributed by atoms with Gasteiger partial charge in [0.2, 0.25) is 4.77 Å². The Kier molecular flexibility index (Phi) is 4.30. The molecule has 8 heteroatoms. The Morgan fingerprint density at radius 1 is 1.25 bits per heavy atom. The number of benzene rings is 2. The summed E-state index contributed by atoms with van der Waals surface area (Å²) in [5.41, 5.74) is 2.11. The van der Waals surface area contributed by atoms with Crippen molar-refractivity contribution in [1.29, 1.82) is 0 Å². The van der Waals surface area contributed by atoms with Gasteiger partial charge in [0.25, 0.3) is 5.69 Å². The molecule has 7 nitrogen and oxygen atoms in total. The topological polar surface area (TPSA) is 89.1 Å². The van der Waals surface area contributed by atoms with Gasteiger partial charge in [0.1, 0.15) is 0 Å². The quantitative estimate of drug-likeness (QED) is 0.339. The zero-order valence-corrected chi connectivity index (χ0v) is 13.5. The van der Waals surface area contributed by atoms with Crippen molar-refractivity contribution in [2.75, 3.05) is 0 Å². The van der Waals surface area contributed by atoms with Crippen LogP contribution in [0.2, 0.25) is 0 Å². The van der Waals surface area contributed by atoms with Crippen LogP contribution in [-0.2, 0) is 0 Å². The zero-order valence-electron chi connectivity index (χ0n) is 12.7. The first-order valence-corrected chi connectivity index (χ1v) is 7.50. The van der Waals surface area contributed by atoms with Crippen molar-refractivity contribution in [3.8, 4) is 11.4 Å². The highest BCUT2D eigenvalue weighted by Crippen LogP contribution is 2.18. The molecule has 1 heterocycles. The fourth-order valence-electron chi connectivity index (χ4n) is 2.21. The molecule has 0 spiro atoms. The van der Waals surface area contributed by atoms with Crippen molar-refractivity contribution in [3.05, 3.63) is 75.0 Å². The SMILES string of the molecule is C/C(=N/n1c(-c2ccccc2)n[nH]c1=S)c1cccc([N+](=O)[O-])c1. The number of nitro benzene ring substituents is 1. The van der Waals surface area contributed by atoms with E-state index < -0.39 is 4.92 Å². The molecule has 0 saturated carbocycles. The molecule has 0 radical (unpaired) electrons. The minimum atomic E-state index is -0.435. The first kappa shape index (κ1) is 15.8. The molecule has 24 heavy (non-hydrogen) atoms. The van der Waals surface area contributed by atoms with Gasteiger partial charge in [-0.05, 0) is 19.1 Å². The van der Waals surface area contributed by atoms with E-state index >= 15 is 0 Å². The smallest absolute Gasteiger partial charge is 0.258 e. The Hall–Kier alpha value is -3.13. The number of nitrogens with one attached hydrogen (secondary N) is 1. The summed E-state index contributed by atoms with van der Waals surface area (Å²) in [7, 11) is 0. The lowest BCUT2D eigenvalue weighted by Gasteiger charge is -2.04. The molecule has 3 aromatic rings. The minimum absolute atomic E-state index is 0.0149. The highest BCUT2D eigenvalue weighted by atomic mass is 32.1. The predicted molar refractivity (Wildman–Crippen MR) is 93.6 cm³/mol. The van der Waals surface area contributed by atoms with Gasteiger partial charge >= 0.3 is 0 Å². The van der Waals surface area contributed by atoms with Crippen LogP contribution in [0.4, 0.5) is 5.69 Å². The van der Waals surface area contributed by atoms with Crippen LogP contribution in [0.25, 0.3) is 11.4 Å². The summed E-state index contributed by atoms with van der Waals surface area (Å²) in [6, 6.07) is 15.8. The second-order valence-corrected chi connectivity index (χ2v) is 5.41. The standard InChI is InChI=1S/C16H13N5O2S/c1-11(13-8-5-9-14(10-13)21(22)23)19-20-15(17-18-16(20)24)12-6-3-2-4-7-12/h2-10H,1H3,(H,18,24)/b19-11-. The number of nitro groups is 1. The lowest BCUT2D eigenvalue weighted by atomic mass is 10.1. The molecule has 120 valence electrons. The molecular formula is C16H13N5O2S. The maximum Gasteiger partial charge on any atom is 0.270 e. The molecule has 0 atom stereocenters. The van der Waals surface area contributed by atoms with Crippen molar-refractivity contribution < 1.29 is 4.92 Å². The van der Waals surface area contributed by atoms with Crippen molar-refractivity contribution in [1.82, 2.24) is 14.9 Å². The molecule has 0 bridgehead atoms. The molecule has 0 fully saturated rings. The molecule has 2 aromatic carbocycles. The molecule has 0 unspecified atom stereocenters. The number of hydrogen-bond donors (Lipinski definition) is 1. The maximum absolute atomic E-state index is 10.9. The molecular weight excluding hydrogens is 326 g/mol. The summed E-state index contributed by atoms with van der Waals surface area (Å²) < 4.78 is 1.86. The van der Waals surface area contributed by atoms with Gasteiger partial charge in [-0.25, -0.2) is 5.10 Å². The van der Waals surface area contributed by atoms with E-state index in [1.807, 2.05) is 30.3 Å². The number of rotatable bonds is 4. The van der Waals surface area contributed by atoms with Crippen molar-refractivity contribution >= 4 is 23.6 Å². The monoisotopic (exact) mass is 339 g/mol. The third-order valence-corrected chi connectivity index (χ3v) is 3.67. The van der Waals surface area contributed by atoms with Gasteiger partial charge in [-0.2, -0.15) is 14.9 Å². The molecule has 1 aromatic heterocycles. The third-order valence-electron chi connectivity index (χ3n) is 3.41. The van der Waals surface area contributed by atoms with E-state index in [1.54, 1.807) is 19.1 Å². The number of H-pyrrole nitrogens is 1. The molecule has 1 N–H and O–H groups in total. The second kappa shape index (κ2) is 6.55. The lowest BCUT2D eigenvalue weighted by Crippen LogP contribution is -2.02. The van der Waals surface area contributed by atoms with Crippen LogP contribution in [-0.4, -0.2) is 25.5 Å². The number of hydrogen-bond acceptors (Lipinski definition) is 5. The molecule has 0 aliphatic rings. The van der Waals surface area contributed by atoms with Crippen LogP contribution in [0, 0.1) is 14.9 Å². The predicted octanol–water partition coefficient (Wildman–Crippen LogP) is 3.79. The average Bonchev–Trinajstić information content (AvgIpc) is 2.96. The number of nitrogens with zero attached hydrogens (tertiary/aromatic N) is 4. The molecule has 0 amide bonds. The highest BCUT2D eigenvalue weighted by molar-refractivity contribution is 7.71. The number of aromatic amines is 1. The van der Waals surface area contributed by atoms with Crippen LogP contribution in [0.1, 0.15) is 12.5 Å². The Labute approximate surface area is 142 Å². The van der Waals surface area contributed by atoms with E-state index in [0.717, 1.165) is 5.56 Å². The van der Waals surface area contributed by atoms with Gasteiger partial charge in [0, 0.05) is 23.3 Å². The van der Waals surface area contributed by atoms with Gasteiger partial charge in [-0.3, -0.25) is 10.1 Å². The molecule has 3 rings (SSSR count). The Balaban J connectivity index is 2.06. The van der Waals surface area contributed by atoms with E-state index in [0.29, 0.717) is 21.9 Å². The van der Waals surface area contributed by atoms with Crippen LogP contribution >= 0.6 is 12.2 Å². The van der Waals surface area contributed by atoms with Crippen LogP contribution in [0.15, 0.2) is 59.7 Å². The molecule has 0 saturated heterocycles. The summed E-state index contributed by atoms with van der Waals surface area (Å²) >= 11 is 5.24. The van der Waals surface area contributed by atoms with Crippen molar-refractivity contribution in [3.63, 3.8) is 0 Å². The summed E-state index contributed by atoms with van der Waals surface area (Å²) in [6.07, 6.45) is 0. The highest BCUT2D eigenvalue weighted by Gasteiger charge is 2.11. The van der Waals surface area contributed by atoms with Crippen LogP contribution in [0.5, 0.6) is 0 Å². The van der Waals surface area contributed by atoms with Gasteiger partial charge in [-0.15, -0.1) is 0 Å². The first-order chi connectivity index (χ1) is 11.6. The van der Waals surface area contributed by atoms with Gasteiger partial charge in [0.15, 0.2) is 5.82 Å². The Morgan fingerprint density at radius 3 is 2.71 bits per heavy atom. The summed E-state index contributed by atoms with van der Waals surface area (Å²) in [5, 5.41) is 22.3. The normalized spacial score (nSPS) is 11.5.